The number of aromatic nitrogens is 3. The van der Waals surface area contributed by atoms with Gasteiger partial charge in [0, 0.05) is 18.3 Å². The summed E-state index contributed by atoms with van der Waals surface area (Å²) < 4.78 is 13.8. The van der Waals surface area contributed by atoms with Gasteiger partial charge in [0.1, 0.15) is 22.6 Å². The number of hydrogen-bond donors (Lipinski definition) is 0. The first-order valence-electron chi connectivity index (χ1n) is 9.38. The van der Waals surface area contributed by atoms with Crippen LogP contribution in [0.5, 0.6) is 0 Å². The highest BCUT2D eigenvalue weighted by atomic mass is 79.9. The molecule has 1 amide bonds. The first kappa shape index (κ1) is 18.8. The number of halogens is 2. The summed E-state index contributed by atoms with van der Waals surface area (Å²) >= 11 is 9.75. The zero-order valence-corrected chi connectivity index (χ0v) is 17.7. The second-order valence-electron chi connectivity index (χ2n) is 7.26. The van der Waals surface area contributed by atoms with E-state index in [-0.39, 0.29) is 30.7 Å². The molecule has 1 aromatic carbocycles. The van der Waals surface area contributed by atoms with E-state index in [2.05, 4.69) is 25.9 Å². The summed E-state index contributed by atoms with van der Waals surface area (Å²) in [5, 5.41) is 0.359. The summed E-state index contributed by atoms with van der Waals surface area (Å²) in [7, 11) is 0. The van der Waals surface area contributed by atoms with Gasteiger partial charge in [0.2, 0.25) is 0 Å². The highest BCUT2D eigenvalue weighted by molar-refractivity contribution is 9.10. The highest BCUT2D eigenvalue weighted by Crippen LogP contribution is 2.44. The lowest BCUT2D eigenvalue weighted by Crippen LogP contribution is -2.40. The standard InChI is InChI=1S/C20H18BrClN4O3/c21-17-16-18(22)23-6-7-25(16)19(24-17)14-8-13-10-28-11-15(13)26(14)20(27)29-9-12-4-2-1-3-5-12/h1-7,13-15H,8-11H2/t13-,14-,15+/m0/s1. The first-order valence-corrected chi connectivity index (χ1v) is 10.6. The summed E-state index contributed by atoms with van der Waals surface area (Å²) in [4.78, 5) is 23.7. The van der Waals surface area contributed by atoms with Gasteiger partial charge in [-0.2, -0.15) is 0 Å². The molecule has 2 aromatic heterocycles. The van der Waals surface area contributed by atoms with Crippen LogP contribution in [0.3, 0.4) is 0 Å². The van der Waals surface area contributed by atoms with E-state index in [1.165, 1.54) is 0 Å². The molecule has 2 saturated heterocycles. The number of imidazole rings is 1. The largest absolute Gasteiger partial charge is 0.445 e. The molecule has 9 heteroatoms. The molecule has 150 valence electrons. The minimum atomic E-state index is -0.357. The van der Waals surface area contributed by atoms with Crippen LogP contribution in [-0.2, 0) is 16.1 Å². The van der Waals surface area contributed by atoms with Crippen molar-refractivity contribution in [3.63, 3.8) is 0 Å². The molecule has 0 bridgehead atoms. The molecule has 0 N–H and O–H groups in total. The quantitative estimate of drug-likeness (QED) is 0.564. The molecule has 29 heavy (non-hydrogen) atoms. The number of amides is 1. The third kappa shape index (κ3) is 3.29. The van der Waals surface area contributed by atoms with E-state index in [0.717, 1.165) is 17.8 Å². The van der Waals surface area contributed by atoms with Crippen molar-refractivity contribution in [2.45, 2.75) is 25.1 Å². The lowest BCUT2D eigenvalue weighted by molar-refractivity contribution is 0.0653. The van der Waals surface area contributed by atoms with Crippen LogP contribution >= 0.6 is 27.5 Å². The Balaban J connectivity index is 1.47. The monoisotopic (exact) mass is 476 g/mol. The number of ether oxygens (including phenoxy) is 2. The van der Waals surface area contributed by atoms with E-state index in [4.69, 9.17) is 21.1 Å². The third-order valence-corrected chi connectivity index (χ3v) is 6.42. The van der Waals surface area contributed by atoms with Crippen LogP contribution in [0, 0.1) is 5.92 Å². The average Bonchev–Trinajstić information content (AvgIpc) is 3.40. The van der Waals surface area contributed by atoms with E-state index in [0.29, 0.717) is 28.5 Å². The first-order chi connectivity index (χ1) is 14.1. The van der Waals surface area contributed by atoms with Crippen LogP contribution in [0.25, 0.3) is 5.52 Å². The fourth-order valence-electron chi connectivity index (χ4n) is 4.26. The molecule has 0 unspecified atom stereocenters. The molecule has 3 atom stereocenters. The molecule has 5 rings (SSSR count). The number of nitrogens with zero attached hydrogens (tertiary/aromatic N) is 4. The van der Waals surface area contributed by atoms with Gasteiger partial charge in [-0.1, -0.05) is 41.9 Å². The van der Waals surface area contributed by atoms with Crippen molar-refractivity contribution in [2.75, 3.05) is 13.2 Å². The van der Waals surface area contributed by atoms with Crippen molar-refractivity contribution in [3.05, 3.63) is 63.9 Å². The van der Waals surface area contributed by atoms with E-state index < -0.39 is 0 Å². The van der Waals surface area contributed by atoms with Gasteiger partial charge in [-0.15, -0.1) is 0 Å². The van der Waals surface area contributed by atoms with Crippen molar-refractivity contribution in [1.29, 1.82) is 0 Å². The summed E-state index contributed by atoms with van der Waals surface area (Å²) in [6, 6.07) is 9.41. The summed E-state index contributed by atoms with van der Waals surface area (Å²) in [5.41, 5.74) is 1.64. The van der Waals surface area contributed by atoms with Crippen LogP contribution in [-0.4, -0.2) is 44.6 Å². The Bertz CT molecular complexity index is 1060. The fourth-order valence-corrected chi connectivity index (χ4v) is 5.17. The second kappa shape index (κ2) is 7.59. The van der Waals surface area contributed by atoms with E-state index in [9.17, 15) is 4.79 Å². The molecule has 0 spiro atoms. The minimum Gasteiger partial charge on any atom is -0.445 e. The molecular formula is C20H18BrClN4O3. The Kier molecular flexibility index (Phi) is 4.93. The zero-order valence-electron chi connectivity index (χ0n) is 15.4. The maximum Gasteiger partial charge on any atom is 0.411 e. The Morgan fingerprint density at radius 3 is 2.97 bits per heavy atom. The molecular weight excluding hydrogens is 460 g/mol. The number of hydrogen-bond acceptors (Lipinski definition) is 5. The molecule has 2 aliphatic heterocycles. The van der Waals surface area contributed by atoms with E-state index in [1.807, 2.05) is 40.9 Å². The molecule has 0 radical (unpaired) electrons. The Labute approximate surface area is 180 Å². The minimum absolute atomic E-state index is 0.0216. The summed E-state index contributed by atoms with van der Waals surface area (Å²) in [6.45, 7) is 1.37. The van der Waals surface area contributed by atoms with Gasteiger partial charge in [-0.05, 0) is 27.9 Å². The molecule has 4 heterocycles. The number of benzene rings is 1. The van der Waals surface area contributed by atoms with Crippen LogP contribution < -0.4 is 0 Å². The SMILES string of the molecule is O=C(OCc1ccccc1)N1[C@@H]2COC[C@@H]2C[C@H]1c1nc(Br)c2c(Cl)nccn12. The van der Waals surface area contributed by atoms with Gasteiger partial charge >= 0.3 is 6.09 Å². The molecule has 2 fully saturated rings. The van der Waals surface area contributed by atoms with Crippen molar-refractivity contribution in [1.82, 2.24) is 19.3 Å². The van der Waals surface area contributed by atoms with Crippen LogP contribution in [0.4, 0.5) is 4.79 Å². The van der Waals surface area contributed by atoms with Crippen LogP contribution in [0.1, 0.15) is 23.9 Å². The lowest BCUT2D eigenvalue weighted by Gasteiger charge is -2.27. The molecule has 3 aromatic rings. The summed E-state index contributed by atoms with van der Waals surface area (Å²) in [5.74, 6) is 0.995. The maximum absolute atomic E-state index is 13.1. The molecule has 0 aliphatic carbocycles. The second-order valence-corrected chi connectivity index (χ2v) is 8.37. The van der Waals surface area contributed by atoms with E-state index in [1.54, 1.807) is 11.1 Å². The van der Waals surface area contributed by atoms with Gasteiger partial charge in [-0.3, -0.25) is 9.30 Å². The molecule has 7 nitrogen and oxygen atoms in total. The Morgan fingerprint density at radius 2 is 2.14 bits per heavy atom. The Hall–Kier alpha value is -2.16. The van der Waals surface area contributed by atoms with Crippen LogP contribution in [0.15, 0.2) is 47.3 Å². The third-order valence-electron chi connectivity index (χ3n) is 5.59. The number of rotatable bonds is 3. The average molecular weight is 478 g/mol. The van der Waals surface area contributed by atoms with Gasteiger partial charge in [0.05, 0.1) is 25.3 Å². The molecule has 0 saturated carbocycles. The Morgan fingerprint density at radius 1 is 1.31 bits per heavy atom. The normalized spacial score (nSPS) is 23.5. The smallest absolute Gasteiger partial charge is 0.411 e. The van der Waals surface area contributed by atoms with Gasteiger partial charge in [-0.25, -0.2) is 14.8 Å². The lowest BCUT2D eigenvalue weighted by atomic mass is 10.0. The number of carbonyl (C=O) groups is 1. The number of carbonyl (C=O) groups excluding carboxylic acids is 1. The predicted octanol–water partition coefficient (Wildman–Crippen LogP) is 4.24. The van der Waals surface area contributed by atoms with Gasteiger partial charge < -0.3 is 9.47 Å². The van der Waals surface area contributed by atoms with Crippen molar-refractivity contribution < 1.29 is 14.3 Å². The summed E-state index contributed by atoms with van der Waals surface area (Å²) in [6.07, 6.45) is 3.84. The van der Waals surface area contributed by atoms with Gasteiger partial charge in [0.15, 0.2) is 5.15 Å². The molecule has 2 aliphatic rings. The van der Waals surface area contributed by atoms with E-state index >= 15 is 0 Å². The van der Waals surface area contributed by atoms with Crippen LogP contribution in [0.2, 0.25) is 5.15 Å². The maximum atomic E-state index is 13.1. The topological polar surface area (TPSA) is 69.0 Å². The fraction of sp³-hybridized carbons (Fsp3) is 0.350. The number of likely N-dealkylation sites (tertiary alicyclic amines) is 1. The number of fused-ring (bicyclic) bond motifs is 2. The predicted molar refractivity (Wildman–Crippen MR) is 110 cm³/mol. The van der Waals surface area contributed by atoms with Gasteiger partial charge in [0.25, 0.3) is 0 Å². The van der Waals surface area contributed by atoms with Crippen molar-refractivity contribution in [3.8, 4) is 0 Å². The zero-order chi connectivity index (χ0) is 20.0. The highest BCUT2D eigenvalue weighted by Gasteiger charge is 2.49. The van der Waals surface area contributed by atoms with Crippen molar-refractivity contribution >= 4 is 39.1 Å². The van der Waals surface area contributed by atoms with Crippen molar-refractivity contribution in [2.24, 2.45) is 5.92 Å².